The van der Waals surface area contributed by atoms with Gasteiger partial charge in [-0.3, -0.25) is 47.9 Å². The minimum absolute atomic E-state index is 0.00119. The monoisotopic (exact) mass is 1180 g/mol. The molecule has 5 unspecified atom stereocenters. The highest BCUT2D eigenvalue weighted by atomic mass is 16.6. The lowest BCUT2D eigenvalue weighted by Crippen LogP contribution is -2.56. The summed E-state index contributed by atoms with van der Waals surface area (Å²) >= 11 is 0. The number of carbonyl (C=O) groups is 11. The number of hydrogen-bond donors (Lipinski definition) is 9. The van der Waals surface area contributed by atoms with Crippen molar-refractivity contribution in [3.05, 3.63) is 144 Å². The maximum absolute atomic E-state index is 14.0. The second-order valence-corrected chi connectivity index (χ2v) is 22.0. The van der Waals surface area contributed by atoms with Crippen molar-refractivity contribution in [1.29, 1.82) is 0 Å². The summed E-state index contributed by atoms with van der Waals surface area (Å²) in [6.45, 7) is 9.90. The van der Waals surface area contributed by atoms with Gasteiger partial charge in [0.2, 0.25) is 47.3 Å². The lowest BCUT2D eigenvalue weighted by molar-refractivity contribution is -0.146. The van der Waals surface area contributed by atoms with Crippen LogP contribution in [0.3, 0.4) is 0 Å². The molecule has 4 rings (SSSR count). The van der Waals surface area contributed by atoms with Gasteiger partial charge in [0.05, 0.1) is 13.1 Å². The van der Waals surface area contributed by atoms with Crippen LogP contribution in [0.15, 0.2) is 121 Å². The number of benzene rings is 4. The summed E-state index contributed by atoms with van der Waals surface area (Å²) in [6, 6.07) is 29.2. The van der Waals surface area contributed by atoms with Crippen LogP contribution in [0, 0.1) is 11.8 Å². The summed E-state index contributed by atoms with van der Waals surface area (Å²) in [5.41, 5.74) is 1.83. The Morgan fingerprint density at radius 2 is 0.741 bits per heavy atom. The van der Waals surface area contributed by atoms with Gasteiger partial charge in [0.15, 0.2) is 0 Å². The first-order chi connectivity index (χ1) is 40.4. The number of ether oxygens (including phenoxy) is 3. The van der Waals surface area contributed by atoms with Crippen molar-refractivity contribution in [2.24, 2.45) is 11.8 Å². The molecule has 458 valence electrons. The fourth-order valence-electron chi connectivity index (χ4n) is 8.25. The van der Waals surface area contributed by atoms with E-state index in [2.05, 4.69) is 47.9 Å². The van der Waals surface area contributed by atoms with Crippen molar-refractivity contribution >= 4 is 65.3 Å². The van der Waals surface area contributed by atoms with Crippen molar-refractivity contribution in [2.75, 3.05) is 26.2 Å². The molecule has 9 N–H and O–H groups in total. The van der Waals surface area contributed by atoms with Gasteiger partial charge in [-0.05, 0) is 74.1 Å². The van der Waals surface area contributed by atoms with Crippen LogP contribution in [-0.2, 0) is 88.2 Å². The average molecular weight is 1180 g/mol. The summed E-state index contributed by atoms with van der Waals surface area (Å²) < 4.78 is 15.9. The smallest absolute Gasteiger partial charge is 0.408 e. The number of nitrogens with one attached hydrogen (secondary N) is 9. The lowest BCUT2D eigenvalue weighted by Gasteiger charge is -2.25. The van der Waals surface area contributed by atoms with Gasteiger partial charge in [-0.15, -0.1) is 0 Å². The van der Waals surface area contributed by atoms with Crippen molar-refractivity contribution < 1.29 is 67.0 Å². The highest BCUT2D eigenvalue weighted by Crippen LogP contribution is 2.12. The Bertz CT molecular complexity index is 2830. The Kier molecular flexibility index (Phi) is 28.8. The largest absolute Gasteiger partial charge is 0.460 e. The predicted molar refractivity (Wildman–Crippen MR) is 314 cm³/mol. The number of amides is 9. The summed E-state index contributed by atoms with van der Waals surface area (Å²) in [4.78, 5) is 147. The first-order valence-electron chi connectivity index (χ1n) is 28.2. The number of esters is 2. The van der Waals surface area contributed by atoms with E-state index in [1.807, 2.05) is 39.8 Å². The number of alkyl carbamates (subject to hydrolysis) is 1. The van der Waals surface area contributed by atoms with Gasteiger partial charge in [-0.25, -0.2) is 4.79 Å². The molecule has 0 aliphatic rings. The zero-order chi connectivity index (χ0) is 62.3. The lowest BCUT2D eigenvalue weighted by atomic mass is 10.0. The minimum Gasteiger partial charge on any atom is -0.460 e. The zero-order valence-corrected chi connectivity index (χ0v) is 49.3. The first-order valence-corrected chi connectivity index (χ1v) is 28.2. The quantitative estimate of drug-likeness (QED) is 0.0245. The summed E-state index contributed by atoms with van der Waals surface area (Å²) in [5.74, 6) is -7.56. The van der Waals surface area contributed by atoms with E-state index in [1.54, 1.807) is 130 Å². The molecule has 0 radical (unpaired) electrons. The number of carbonyl (C=O) groups excluding carboxylic acids is 11. The highest BCUT2D eigenvalue weighted by molar-refractivity contribution is 5.96. The molecule has 0 aliphatic carbocycles. The average Bonchev–Trinajstić information content (AvgIpc) is 3.68. The summed E-state index contributed by atoms with van der Waals surface area (Å²) in [5, 5.41) is 23.0. The maximum Gasteiger partial charge on any atom is 0.408 e. The van der Waals surface area contributed by atoms with Gasteiger partial charge in [0.25, 0.3) is 0 Å². The molecule has 5 atom stereocenters. The molecule has 0 bridgehead atoms. The Balaban J connectivity index is 1.37. The number of rotatable bonds is 33. The molecule has 0 aliphatic heterocycles. The van der Waals surface area contributed by atoms with E-state index < -0.39 is 134 Å². The normalized spacial score (nSPS) is 12.8. The van der Waals surface area contributed by atoms with Crippen LogP contribution in [0.2, 0.25) is 0 Å². The third-order valence-electron chi connectivity index (χ3n) is 12.4. The molecule has 0 saturated carbocycles. The van der Waals surface area contributed by atoms with Crippen LogP contribution in [0.25, 0.3) is 0 Å². The van der Waals surface area contributed by atoms with E-state index in [0.717, 1.165) is 11.1 Å². The molecule has 0 aromatic heterocycles. The predicted octanol–water partition coefficient (Wildman–Crippen LogP) is 3.13. The second-order valence-electron chi connectivity index (χ2n) is 22.0. The number of hydrogen-bond acceptors (Lipinski definition) is 14. The molecule has 4 aromatic rings. The van der Waals surface area contributed by atoms with Gasteiger partial charge in [-0.2, -0.15) is 0 Å². The summed E-state index contributed by atoms with van der Waals surface area (Å²) in [7, 11) is 0. The topological polar surface area (TPSA) is 324 Å². The van der Waals surface area contributed by atoms with Gasteiger partial charge in [0, 0.05) is 19.3 Å². The van der Waals surface area contributed by atoms with Gasteiger partial charge in [-0.1, -0.05) is 149 Å². The molecule has 0 heterocycles. The molecular weight excluding hydrogens is 1090 g/mol. The van der Waals surface area contributed by atoms with E-state index in [9.17, 15) is 52.7 Å². The zero-order valence-electron chi connectivity index (χ0n) is 49.3. The molecule has 0 spiro atoms. The van der Waals surface area contributed by atoms with Gasteiger partial charge >= 0.3 is 18.0 Å². The van der Waals surface area contributed by atoms with Crippen LogP contribution >= 0.6 is 0 Å². The second kappa shape index (κ2) is 35.8. The van der Waals surface area contributed by atoms with Crippen molar-refractivity contribution in [3.8, 4) is 0 Å². The molecule has 23 nitrogen and oxygen atoms in total. The van der Waals surface area contributed by atoms with Crippen molar-refractivity contribution in [1.82, 2.24) is 47.9 Å². The molecule has 9 amide bonds. The molecule has 0 saturated heterocycles. The van der Waals surface area contributed by atoms with E-state index >= 15 is 0 Å². The Labute approximate surface area is 496 Å². The third kappa shape index (κ3) is 28.1. The SMILES string of the molecule is CC(C)CC(NC(=O)C(Cc1ccccc1)NC(=O)CNC(=O)CCC(NC(=O)OC(C)(C)C)C(=O)NCC(=O)NC(Cc1ccccc1)C(=O)NC(CC(C)C)C(=O)NCC(=O)OCc1ccccc1)C(=O)NCC(=O)OCc1ccccc1. The Hall–Kier alpha value is -9.15. The van der Waals surface area contributed by atoms with E-state index in [1.165, 1.54) is 0 Å². The molecule has 4 aromatic carbocycles. The molecule has 23 heteroatoms. The van der Waals surface area contributed by atoms with Crippen LogP contribution < -0.4 is 47.9 Å². The van der Waals surface area contributed by atoms with Gasteiger partial charge < -0.3 is 62.1 Å². The van der Waals surface area contributed by atoms with Crippen molar-refractivity contribution in [3.63, 3.8) is 0 Å². The molecule has 0 fully saturated rings. The van der Waals surface area contributed by atoms with Crippen LogP contribution in [0.4, 0.5) is 4.79 Å². The van der Waals surface area contributed by atoms with Crippen LogP contribution in [0.1, 0.15) is 96.4 Å². The Morgan fingerprint density at radius 3 is 1.12 bits per heavy atom. The minimum atomic E-state index is -1.47. The van der Waals surface area contributed by atoms with Crippen LogP contribution in [0.5, 0.6) is 0 Å². The fraction of sp³-hybridized carbons (Fsp3) is 0.435. The van der Waals surface area contributed by atoms with E-state index in [0.29, 0.717) is 11.1 Å². The standard InChI is InChI=1S/C62H81N9O14/c1-40(2)30-47(57(78)65-36-54(75)83-38-44-24-16-10-17-25-44)69-59(80)49(32-42-20-12-8-13-21-42)67-52(73)34-63-51(72)29-28-46(71-61(82)85-62(5,6)7)56(77)64-35-53(74)68-50(33-43-22-14-9-15-23-43)60(81)70-48(31-41(3)4)58(79)66-37-55(76)84-39-45-26-18-11-19-27-45/h8-27,40-41,46-50H,28-39H2,1-7H3,(H,63,72)(H,64,77)(H,65,78)(H,66,79)(H,67,73)(H,68,74)(H,69,80)(H,70,81)(H,71,82). The summed E-state index contributed by atoms with van der Waals surface area (Å²) in [6.07, 6.45) is -1.49. The van der Waals surface area contributed by atoms with Crippen molar-refractivity contribution in [2.45, 2.75) is 136 Å². The Morgan fingerprint density at radius 1 is 0.388 bits per heavy atom. The molecule has 85 heavy (non-hydrogen) atoms. The van der Waals surface area contributed by atoms with Crippen LogP contribution in [-0.4, -0.2) is 127 Å². The van der Waals surface area contributed by atoms with E-state index in [4.69, 9.17) is 14.2 Å². The van der Waals surface area contributed by atoms with Gasteiger partial charge in [0.1, 0.15) is 62.1 Å². The first kappa shape index (κ1) is 68.3. The highest BCUT2D eigenvalue weighted by Gasteiger charge is 2.31. The van der Waals surface area contributed by atoms with E-state index in [-0.39, 0.29) is 57.2 Å². The maximum atomic E-state index is 14.0. The fourth-order valence-corrected chi connectivity index (χ4v) is 8.25. The third-order valence-corrected chi connectivity index (χ3v) is 12.4. The molecular formula is C62H81N9O14.